The second-order valence-corrected chi connectivity index (χ2v) is 5.02. The van der Waals surface area contributed by atoms with Gasteiger partial charge in [-0.1, -0.05) is 0 Å². The number of nitrogens with one attached hydrogen (secondary N) is 1. The number of ether oxygens (including phenoxy) is 2. The van der Waals surface area contributed by atoms with E-state index in [0.29, 0.717) is 25.6 Å². The summed E-state index contributed by atoms with van der Waals surface area (Å²) in [6.45, 7) is 3.48. The highest BCUT2D eigenvalue weighted by Crippen LogP contribution is 2.20. The van der Waals surface area contributed by atoms with Crippen LogP contribution in [0.2, 0.25) is 0 Å². The molecular weight excluding hydrogens is 258 g/mol. The number of pyridine rings is 1. The standard InChI is InChI=1S/C14H19N3O3/c18-14(12-10-19-7-8-20-12)16-13-4-3-11(9-15-13)17-5-1-2-6-17/h3-4,9,12H,1-2,5-8,10H2,(H,15,16,18)/t12-/m1/s1. The molecule has 2 saturated heterocycles. The van der Waals surface area contributed by atoms with Crippen LogP contribution in [0.4, 0.5) is 11.5 Å². The SMILES string of the molecule is O=C(Nc1ccc(N2CCCC2)cn1)[C@H]1COCCO1. The predicted molar refractivity (Wildman–Crippen MR) is 74.9 cm³/mol. The average Bonchev–Trinajstić information content (AvgIpc) is 3.03. The molecule has 0 bridgehead atoms. The fourth-order valence-electron chi connectivity index (χ4n) is 2.47. The zero-order valence-electron chi connectivity index (χ0n) is 11.4. The molecule has 3 rings (SSSR count). The Bertz CT molecular complexity index is 451. The van der Waals surface area contributed by atoms with E-state index in [2.05, 4.69) is 15.2 Å². The largest absolute Gasteiger partial charge is 0.376 e. The summed E-state index contributed by atoms with van der Waals surface area (Å²) in [5, 5.41) is 2.76. The van der Waals surface area contributed by atoms with Crippen LogP contribution in [0, 0.1) is 0 Å². The Morgan fingerprint density at radius 1 is 1.30 bits per heavy atom. The summed E-state index contributed by atoms with van der Waals surface area (Å²) >= 11 is 0. The summed E-state index contributed by atoms with van der Waals surface area (Å²) < 4.78 is 10.6. The minimum absolute atomic E-state index is 0.203. The molecular formula is C14H19N3O3. The van der Waals surface area contributed by atoms with Crippen LogP contribution in [-0.4, -0.2) is 49.9 Å². The smallest absolute Gasteiger partial charge is 0.257 e. The molecule has 1 aromatic heterocycles. The van der Waals surface area contributed by atoms with Gasteiger partial charge in [0.25, 0.3) is 5.91 Å². The van der Waals surface area contributed by atoms with Crippen LogP contribution in [0.15, 0.2) is 18.3 Å². The zero-order valence-corrected chi connectivity index (χ0v) is 11.4. The molecule has 1 N–H and O–H groups in total. The molecule has 6 nitrogen and oxygen atoms in total. The number of carbonyl (C=O) groups is 1. The van der Waals surface area contributed by atoms with E-state index in [-0.39, 0.29) is 5.91 Å². The van der Waals surface area contributed by atoms with Gasteiger partial charge in [0.1, 0.15) is 5.82 Å². The molecule has 20 heavy (non-hydrogen) atoms. The first-order chi connectivity index (χ1) is 9.83. The topological polar surface area (TPSA) is 63.7 Å². The van der Waals surface area contributed by atoms with E-state index in [1.807, 2.05) is 12.1 Å². The molecule has 2 fully saturated rings. The van der Waals surface area contributed by atoms with Gasteiger partial charge >= 0.3 is 0 Å². The maximum Gasteiger partial charge on any atom is 0.257 e. The maximum atomic E-state index is 11.9. The molecule has 0 aromatic carbocycles. The van der Waals surface area contributed by atoms with Crippen LogP contribution in [-0.2, 0) is 14.3 Å². The van der Waals surface area contributed by atoms with Crippen molar-refractivity contribution in [1.29, 1.82) is 0 Å². The first kappa shape index (κ1) is 13.3. The minimum atomic E-state index is -0.538. The Balaban J connectivity index is 1.58. The lowest BCUT2D eigenvalue weighted by molar-refractivity contribution is -0.142. The fourth-order valence-corrected chi connectivity index (χ4v) is 2.47. The number of anilines is 2. The number of aromatic nitrogens is 1. The number of carbonyl (C=O) groups excluding carboxylic acids is 1. The van der Waals surface area contributed by atoms with E-state index in [9.17, 15) is 4.79 Å². The molecule has 0 spiro atoms. The van der Waals surface area contributed by atoms with Crippen molar-refractivity contribution >= 4 is 17.4 Å². The van der Waals surface area contributed by atoms with Crippen molar-refractivity contribution in [2.24, 2.45) is 0 Å². The van der Waals surface area contributed by atoms with Crippen molar-refractivity contribution < 1.29 is 14.3 Å². The summed E-state index contributed by atoms with van der Waals surface area (Å²) in [4.78, 5) is 18.5. The number of hydrogen-bond acceptors (Lipinski definition) is 5. The van der Waals surface area contributed by atoms with Gasteiger partial charge in [-0.2, -0.15) is 0 Å². The lowest BCUT2D eigenvalue weighted by Gasteiger charge is -2.22. The Kier molecular flexibility index (Phi) is 4.13. The third-order valence-corrected chi connectivity index (χ3v) is 3.58. The van der Waals surface area contributed by atoms with Crippen molar-refractivity contribution in [3.05, 3.63) is 18.3 Å². The molecule has 1 amide bonds. The molecule has 1 atom stereocenters. The van der Waals surface area contributed by atoms with E-state index in [1.54, 1.807) is 6.20 Å². The first-order valence-corrected chi connectivity index (χ1v) is 7.04. The zero-order chi connectivity index (χ0) is 13.8. The van der Waals surface area contributed by atoms with Gasteiger partial charge in [-0.15, -0.1) is 0 Å². The van der Waals surface area contributed by atoms with E-state index >= 15 is 0 Å². The molecule has 108 valence electrons. The van der Waals surface area contributed by atoms with E-state index in [1.165, 1.54) is 12.8 Å². The Morgan fingerprint density at radius 2 is 2.15 bits per heavy atom. The summed E-state index contributed by atoms with van der Waals surface area (Å²) in [5.74, 6) is 0.346. The van der Waals surface area contributed by atoms with Crippen LogP contribution in [0.3, 0.4) is 0 Å². The molecule has 2 aliphatic heterocycles. The van der Waals surface area contributed by atoms with Crippen molar-refractivity contribution in [2.45, 2.75) is 18.9 Å². The first-order valence-electron chi connectivity index (χ1n) is 7.04. The number of amides is 1. The second-order valence-electron chi connectivity index (χ2n) is 5.02. The van der Waals surface area contributed by atoms with Gasteiger partial charge in [0.15, 0.2) is 6.10 Å². The molecule has 3 heterocycles. The third-order valence-electron chi connectivity index (χ3n) is 3.58. The molecule has 0 unspecified atom stereocenters. The molecule has 1 aromatic rings. The summed E-state index contributed by atoms with van der Waals surface area (Å²) in [5.41, 5.74) is 1.11. The summed E-state index contributed by atoms with van der Waals surface area (Å²) in [6.07, 6.45) is 3.73. The average molecular weight is 277 g/mol. The molecule has 0 aliphatic carbocycles. The highest BCUT2D eigenvalue weighted by atomic mass is 16.6. The number of hydrogen-bond donors (Lipinski definition) is 1. The van der Waals surface area contributed by atoms with Gasteiger partial charge in [-0.3, -0.25) is 4.79 Å². The second kappa shape index (κ2) is 6.19. The van der Waals surface area contributed by atoms with E-state index in [0.717, 1.165) is 18.8 Å². The van der Waals surface area contributed by atoms with Crippen molar-refractivity contribution in [2.75, 3.05) is 43.1 Å². The molecule has 2 aliphatic rings. The molecule has 0 saturated carbocycles. The third kappa shape index (κ3) is 3.08. The van der Waals surface area contributed by atoms with Crippen molar-refractivity contribution in [1.82, 2.24) is 4.98 Å². The van der Waals surface area contributed by atoms with Crippen molar-refractivity contribution in [3.8, 4) is 0 Å². The van der Waals surface area contributed by atoms with Gasteiger partial charge in [0, 0.05) is 13.1 Å². The lowest BCUT2D eigenvalue weighted by atomic mass is 10.3. The van der Waals surface area contributed by atoms with Gasteiger partial charge in [-0.25, -0.2) is 4.98 Å². The monoisotopic (exact) mass is 277 g/mol. The van der Waals surface area contributed by atoms with Crippen LogP contribution < -0.4 is 10.2 Å². The Labute approximate surface area is 118 Å². The number of rotatable bonds is 3. The lowest BCUT2D eigenvalue weighted by Crippen LogP contribution is -2.39. The quantitative estimate of drug-likeness (QED) is 0.894. The Hall–Kier alpha value is -1.66. The van der Waals surface area contributed by atoms with Gasteiger partial charge in [-0.05, 0) is 25.0 Å². The van der Waals surface area contributed by atoms with Crippen LogP contribution in [0.1, 0.15) is 12.8 Å². The van der Waals surface area contributed by atoms with E-state index in [4.69, 9.17) is 9.47 Å². The van der Waals surface area contributed by atoms with Crippen molar-refractivity contribution in [3.63, 3.8) is 0 Å². The molecule has 6 heteroatoms. The maximum absolute atomic E-state index is 11.9. The van der Waals surface area contributed by atoms with Gasteiger partial charge in [0.05, 0.1) is 31.7 Å². The van der Waals surface area contributed by atoms with Crippen LogP contribution in [0.25, 0.3) is 0 Å². The highest BCUT2D eigenvalue weighted by Gasteiger charge is 2.23. The fraction of sp³-hybridized carbons (Fsp3) is 0.571. The minimum Gasteiger partial charge on any atom is -0.376 e. The van der Waals surface area contributed by atoms with Crippen LogP contribution >= 0.6 is 0 Å². The van der Waals surface area contributed by atoms with Gasteiger partial charge < -0.3 is 19.7 Å². The molecule has 0 radical (unpaired) electrons. The van der Waals surface area contributed by atoms with Gasteiger partial charge in [0.2, 0.25) is 0 Å². The normalized spacial score (nSPS) is 22.8. The number of nitrogens with zero attached hydrogens (tertiary/aromatic N) is 2. The van der Waals surface area contributed by atoms with E-state index < -0.39 is 6.10 Å². The van der Waals surface area contributed by atoms with Crippen LogP contribution in [0.5, 0.6) is 0 Å². The highest BCUT2D eigenvalue weighted by molar-refractivity contribution is 5.93. The Morgan fingerprint density at radius 3 is 2.80 bits per heavy atom. The summed E-state index contributed by atoms with van der Waals surface area (Å²) in [7, 11) is 0. The predicted octanol–water partition coefficient (Wildman–Crippen LogP) is 1.04. The summed E-state index contributed by atoms with van der Waals surface area (Å²) in [6, 6.07) is 3.82.